The van der Waals surface area contributed by atoms with E-state index in [1.54, 1.807) is 0 Å². The second-order valence-corrected chi connectivity index (χ2v) is 7.19. The summed E-state index contributed by atoms with van der Waals surface area (Å²) in [6, 6.07) is 23.5. The van der Waals surface area contributed by atoms with Crippen LogP contribution in [-0.4, -0.2) is 16.4 Å². The second-order valence-electron chi connectivity index (χ2n) is 7.19. The van der Waals surface area contributed by atoms with Gasteiger partial charge < -0.3 is 4.74 Å². The Morgan fingerprint density at radius 1 is 0.926 bits per heavy atom. The fourth-order valence-corrected chi connectivity index (χ4v) is 3.84. The van der Waals surface area contributed by atoms with Crippen LogP contribution in [0.5, 0.6) is 5.75 Å². The number of nitrogens with zero attached hydrogens (tertiary/aromatic N) is 2. The van der Waals surface area contributed by atoms with Crippen molar-refractivity contribution in [2.24, 2.45) is 0 Å². The highest BCUT2D eigenvalue weighted by Gasteiger charge is 2.24. The molecule has 3 aromatic rings. The van der Waals surface area contributed by atoms with Gasteiger partial charge in [0, 0.05) is 25.0 Å². The standard InChI is InChI=1S/C24H26N2O/c1-2-8-20(9-3-1)19-27-23-12-6-10-21(16-23)18-26-15-5-4-13-24(26)22-11-7-14-25-17-22/h1-3,6-12,14,16-17,24H,4-5,13,15,18-19H2. The normalized spacial score (nSPS) is 17.6. The van der Waals surface area contributed by atoms with Gasteiger partial charge in [-0.15, -0.1) is 0 Å². The smallest absolute Gasteiger partial charge is 0.120 e. The average Bonchev–Trinajstić information content (AvgIpc) is 2.74. The number of pyridine rings is 1. The molecule has 1 unspecified atom stereocenters. The number of rotatable bonds is 6. The number of hydrogen-bond acceptors (Lipinski definition) is 3. The van der Waals surface area contributed by atoms with E-state index in [4.69, 9.17) is 4.74 Å². The zero-order valence-corrected chi connectivity index (χ0v) is 15.6. The number of aromatic nitrogens is 1. The Bertz CT molecular complexity index is 835. The Hall–Kier alpha value is -2.65. The van der Waals surface area contributed by atoms with Crippen LogP contribution in [0.4, 0.5) is 0 Å². The predicted molar refractivity (Wildman–Crippen MR) is 108 cm³/mol. The predicted octanol–water partition coefficient (Wildman–Crippen LogP) is 5.39. The van der Waals surface area contributed by atoms with Gasteiger partial charge in [-0.3, -0.25) is 9.88 Å². The fraction of sp³-hybridized carbons (Fsp3) is 0.292. The highest BCUT2D eigenvalue weighted by atomic mass is 16.5. The molecular weight excluding hydrogens is 332 g/mol. The molecule has 1 aliphatic heterocycles. The number of ether oxygens (including phenoxy) is 1. The van der Waals surface area contributed by atoms with E-state index in [1.165, 1.54) is 36.0 Å². The van der Waals surface area contributed by atoms with Crippen molar-refractivity contribution in [3.8, 4) is 5.75 Å². The monoisotopic (exact) mass is 358 g/mol. The van der Waals surface area contributed by atoms with Gasteiger partial charge in [0.1, 0.15) is 12.4 Å². The molecule has 0 bridgehead atoms. The van der Waals surface area contributed by atoms with Crippen molar-refractivity contribution in [2.45, 2.75) is 38.5 Å². The largest absolute Gasteiger partial charge is 0.489 e. The summed E-state index contributed by atoms with van der Waals surface area (Å²) in [5.74, 6) is 0.936. The zero-order valence-electron chi connectivity index (χ0n) is 15.6. The van der Waals surface area contributed by atoms with E-state index in [0.717, 1.165) is 18.8 Å². The van der Waals surface area contributed by atoms with Crippen molar-refractivity contribution >= 4 is 0 Å². The molecule has 0 aliphatic carbocycles. The van der Waals surface area contributed by atoms with E-state index < -0.39 is 0 Å². The molecule has 0 amide bonds. The molecule has 4 rings (SSSR count). The van der Waals surface area contributed by atoms with Crippen LogP contribution in [0.3, 0.4) is 0 Å². The highest BCUT2D eigenvalue weighted by molar-refractivity contribution is 5.29. The lowest BCUT2D eigenvalue weighted by Crippen LogP contribution is -2.32. The van der Waals surface area contributed by atoms with Gasteiger partial charge in [0.2, 0.25) is 0 Å². The van der Waals surface area contributed by atoms with E-state index in [1.807, 2.05) is 42.7 Å². The van der Waals surface area contributed by atoms with Crippen LogP contribution < -0.4 is 4.74 Å². The Morgan fingerprint density at radius 2 is 1.81 bits per heavy atom. The van der Waals surface area contributed by atoms with Gasteiger partial charge in [0.15, 0.2) is 0 Å². The van der Waals surface area contributed by atoms with Crippen LogP contribution in [0.15, 0.2) is 79.1 Å². The minimum atomic E-state index is 0.460. The first-order chi connectivity index (χ1) is 13.4. The molecule has 0 saturated carbocycles. The Kier molecular flexibility index (Phi) is 5.80. The van der Waals surface area contributed by atoms with Crippen molar-refractivity contribution < 1.29 is 4.74 Å². The lowest BCUT2D eigenvalue weighted by atomic mass is 9.96. The third-order valence-electron chi connectivity index (χ3n) is 5.22. The molecule has 0 N–H and O–H groups in total. The Balaban J connectivity index is 1.43. The second kappa shape index (κ2) is 8.83. The minimum Gasteiger partial charge on any atom is -0.489 e. The summed E-state index contributed by atoms with van der Waals surface area (Å²) in [4.78, 5) is 6.90. The third-order valence-corrected chi connectivity index (χ3v) is 5.22. The SMILES string of the molecule is c1ccc(COc2cccc(CN3CCCCC3c3cccnc3)c2)cc1. The van der Waals surface area contributed by atoms with Crippen LogP contribution >= 0.6 is 0 Å². The van der Waals surface area contributed by atoms with E-state index in [9.17, 15) is 0 Å². The molecule has 1 aromatic heterocycles. The summed E-state index contributed by atoms with van der Waals surface area (Å²) >= 11 is 0. The molecule has 1 aliphatic rings. The van der Waals surface area contributed by atoms with Crippen molar-refractivity contribution in [3.63, 3.8) is 0 Å². The van der Waals surface area contributed by atoms with Crippen LogP contribution in [0.1, 0.15) is 42.0 Å². The highest BCUT2D eigenvalue weighted by Crippen LogP contribution is 2.32. The fourth-order valence-electron chi connectivity index (χ4n) is 3.84. The number of benzene rings is 2. The van der Waals surface area contributed by atoms with Crippen molar-refractivity contribution in [1.82, 2.24) is 9.88 Å². The Morgan fingerprint density at radius 3 is 2.67 bits per heavy atom. The van der Waals surface area contributed by atoms with Gasteiger partial charge in [-0.25, -0.2) is 0 Å². The van der Waals surface area contributed by atoms with Crippen molar-refractivity contribution in [2.75, 3.05) is 6.54 Å². The lowest BCUT2D eigenvalue weighted by molar-refractivity contribution is 0.140. The quantitative estimate of drug-likeness (QED) is 0.591. The van der Waals surface area contributed by atoms with Crippen LogP contribution in [0.25, 0.3) is 0 Å². The van der Waals surface area contributed by atoms with Gasteiger partial charge >= 0.3 is 0 Å². The summed E-state index contributed by atoms with van der Waals surface area (Å²) in [5, 5.41) is 0. The molecule has 1 saturated heterocycles. The maximum absolute atomic E-state index is 6.00. The first kappa shape index (κ1) is 17.7. The van der Waals surface area contributed by atoms with E-state index >= 15 is 0 Å². The Labute approximate surface area is 161 Å². The molecule has 138 valence electrons. The van der Waals surface area contributed by atoms with E-state index in [2.05, 4.69) is 46.3 Å². The minimum absolute atomic E-state index is 0.460. The van der Waals surface area contributed by atoms with Crippen molar-refractivity contribution in [1.29, 1.82) is 0 Å². The molecule has 27 heavy (non-hydrogen) atoms. The first-order valence-corrected chi connectivity index (χ1v) is 9.78. The molecule has 0 radical (unpaired) electrons. The van der Waals surface area contributed by atoms with Crippen LogP contribution in [-0.2, 0) is 13.2 Å². The maximum Gasteiger partial charge on any atom is 0.120 e. The van der Waals surface area contributed by atoms with Gasteiger partial charge in [0.25, 0.3) is 0 Å². The lowest BCUT2D eigenvalue weighted by Gasteiger charge is -2.36. The van der Waals surface area contributed by atoms with E-state index in [0.29, 0.717) is 12.6 Å². The molecule has 3 nitrogen and oxygen atoms in total. The van der Waals surface area contributed by atoms with Gasteiger partial charge in [-0.2, -0.15) is 0 Å². The molecule has 0 spiro atoms. The maximum atomic E-state index is 6.00. The molecule has 1 atom stereocenters. The number of piperidine rings is 1. The number of likely N-dealkylation sites (tertiary alicyclic amines) is 1. The molecule has 2 heterocycles. The van der Waals surface area contributed by atoms with Crippen LogP contribution in [0, 0.1) is 0 Å². The first-order valence-electron chi connectivity index (χ1n) is 9.78. The zero-order chi connectivity index (χ0) is 18.3. The summed E-state index contributed by atoms with van der Waals surface area (Å²) in [6.45, 7) is 2.68. The summed E-state index contributed by atoms with van der Waals surface area (Å²) in [5.41, 5.74) is 3.82. The number of hydrogen-bond donors (Lipinski definition) is 0. The average molecular weight is 358 g/mol. The summed E-state index contributed by atoms with van der Waals surface area (Å²) < 4.78 is 6.00. The van der Waals surface area contributed by atoms with E-state index in [-0.39, 0.29) is 0 Å². The molecular formula is C24H26N2O. The summed E-state index contributed by atoms with van der Waals surface area (Å²) in [7, 11) is 0. The molecule has 2 aromatic carbocycles. The molecule has 3 heteroatoms. The summed E-state index contributed by atoms with van der Waals surface area (Å²) in [6.07, 6.45) is 7.62. The molecule has 1 fully saturated rings. The van der Waals surface area contributed by atoms with Crippen LogP contribution in [0.2, 0.25) is 0 Å². The van der Waals surface area contributed by atoms with Gasteiger partial charge in [-0.05, 0) is 54.3 Å². The van der Waals surface area contributed by atoms with Gasteiger partial charge in [0.05, 0.1) is 0 Å². The van der Waals surface area contributed by atoms with Crippen molar-refractivity contribution in [3.05, 3.63) is 95.8 Å². The van der Waals surface area contributed by atoms with Gasteiger partial charge in [-0.1, -0.05) is 55.0 Å². The third kappa shape index (κ3) is 4.75. The topological polar surface area (TPSA) is 25.4 Å².